The first-order chi connectivity index (χ1) is 9.81. The highest BCUT2D eigenvalue weighted by molar-refractivity contribution is 5.79. The molecule has 1 amide bonds. The molecule has 1 aromatic rings. The molecular weight excluding hydrogens is 291 g/mol. The van der Waals surface area contributed by atoms with Crippen molar-refractivity contribution in [1.82, 2.24) is 14.7 Å². The van der Waals surface area contributed by atoms with E-state index in [1.165, 1.54) is 12.0 Å². The van der Waals surface area contributed by atoms with Crippen LogP contribution in [0, 0.1) is 5.92 Å². The summed E-state index contributed by atoms with van der Waals surface area (Å²) in [6.07, 6.45) is -2.93. The molecule has 6 nitrogen and oxygen atoms in total. The lowest BCUT2D eigenvalue weighted by Crippen LogP contribution is -2.33. The number of hydrogen-bond acceptors (Lipinski definition) is 4. The second kappa shape index (κ2) is 5.74. The topological polar surface area (TPSA) is 64.4 Å². The van der Waals surface area contributed by atoms with Crippen LogP contribution in [0.15, 0.2) is 12.3 Å². The van der Waals surface area contributed by atoms with Gasteiger partial charge in [-0.05, 0) is 12.5 Å². The van der Waals surface area contributed by atoms with E-state index in [2.05, 4.69) is 9.84 Å². The van der Waals surface area contributed by atoms with E-state index < -0.39 is 11.9 Å². The minimum absolute atomic E-state index is 0.221. The minimum Gasteiger partial charge on any atom is -0.469 e. The smallest absolute Gasteiger partial charge is 0.435 e. The molecule has 21 heavy (non-hydrogen) atoms. The molecular formula is C12H14F3N3O3. The fourth-order valence-electron chi connectivity index (χ4n) is 2.19. The first kappa shape index (κ1) is 15.3. The number of methoxy groups -OCH3 is 1. The van der Waals surface area contributed by atoms with Gasteiger partial charge in [-0.1, -0.05) is 0 Å². The molecule has 2 rings (SSSR count). The van der Waals surface area contributed by atoms with Gasteiger partial charge in [-0.15, -0.1) is 0 Å². The van der Waals surface area contributed by atoms with Crippen LogP contribution in [0.2, 0.25) is 0 Å². The van der Waals surface area contributed by atoms with Crippen molar-refractivity contribution in [2.24, 2.45) is 5.92 Å². The molecule has 9 heteroatoms. The Labute approximate surface area is 118 Å². The van der Waals surface area contributed by atoms with Crippen LogP contribution in [-0.4, -0.2) is 46.8 Å². The van der Waals surface area contributed by atoms with Gasteiger partial charge in [0, 0.05) is 19.3 Å². The number of carbonyl (C=O) groups is 2. The Bertz CT molecular complexity index is 541. The van der Waals surface area contributed by atoms with E-state index >= 15 is 0 Å². The number of aromatic nitrogens is 2. The Morgan fingerprint density at radius 1 is 1.48 bits per heavy atom. The normalized spacial score (nSPS) is 18.9. The van der Waals surface area contributed by atoms with Crippen molar-refractivity contribution in [2.45, 2.75) is 19.1 Å². The predicted octanol–water partition coefficient (Wildman–Crippen LogP) is 0.923. The molecule has 0 bridgehead atoms. The number of alkyl halides is 3. The monoisotopic (exact) mass is 305 g/mol. The van der Waals surface area contributed by atoms with Gasteiger partial charge in [-0.25, -0.2) is 0 Å². The third-order valence-electron chi connectivity index (χ3n) is 3.30. The number of ether oxygens (including phenoxy) is 1. The van der Waals surface area contributed by atoms with Crippen LogP contribution in [0.25, 0.3) is 0 Å². The summed E-state index contributed by atoms with van der Waals surface area (Å²) < 4.78 is 42.7. The lowest BCUT2D eigenvalue weighted by Gasteiger charge is -2.16. The van der Waals surface area contributed by atoms with E-state index in [0.29, 0.717) is 13.0 Å². The van der Waals surface area contributed by atoms with Gasteiger partial charge in [0.15, 0.2) is 5.69 Å². The largest absolute Gasteiger partial charge is 0.469 e. The van der Waals surface area contributed by atoms with Crippen molar-refractivity contribution in [2.75, 3.05) is 20.2 Å². The summed E-state index contributed by atoms with van der Waals surface area (Å²) in [4.78, 5) is 24.7. The molecule has 1 aliphatic heterocycles. The quantitative estimate of drug-likeness (QED) is 0.779. The molecule has 0 N–H and O–H groups in total. The molecule has 2 heterocycles. The predicted molar refractivity (Wildman–Crippen MR) is 63.9 cm³/mol. The van der Waals surface area contributed by atoms with Gasteiger partial charge in [-0.2, -0.15) is 18.3 Å². The zero-order valence-electron chi connectivity index (χ0n) is 11.3. The molecule has 0 aromatic carbocycles. The van der Waals surface area contributed by atoms with Gasteiger partial charge in [0.25, 0.3) is 0 Å². The van der Waals surface area contributed by atoms with Crippen LogP contribution in [-0.2, 0) is 27.0 Å². The number of amides is 1. The molecule has 0 radical (unpaired) electrons. The lowest BCUT2D eigenvalue weighted by atomic mass is 10.1. The van der Waals surface area contributed by atoms with E-state index in [1.54, 1.807) is 0 Å². The summed E-state index contributed by atoms with van der Waals surface area (Å²) in [5.74, 6) is -1.13. The van der Waals surface area contributed by atoms with Gasteiger partial charge in [0.2, 0.25) is 5.91 Å². The van der Waals surface area contributed by atoms with Crippen LogP contribution in [0.1, 0.15) is 12.1 Å². The zero-order valence-corrected chi connectivity index (χ0v) is 11.3. The Hall–Kier alpha value is -2.06. The third-order valence-corrected chi connectivity index (χ3v) is 3.30. The summed E-state index contributed by atoms with van der Waals surface area (Å²) >= 11 is 0. The summed E-state index contributed by atoms with van der Waals surface area (Å²) in [5, 5.41) is 3.32. The van der Waals surface area contributed by atoms with Gasteiger partial charge in [0.05, 0.1) is 13.0 Å². The van der Waals surface area contributed by atoms with Crippen LogP contribution >= 0.6 is 0 Å². The molecule has 1 saturated heterocycles. The van der Waals surface area contributed by atoms with Gasteiger partial charge >= 0.3 is 12.1 Å². The average molecular weight is 305 g/mol. The Morgan fingerprint density at radius 2 is 2.19 bits per heavy atom. The third kappa shape index (κ3) is 3.53. The van der Waals surface area contributed by atoms with Gasteiger partial charge < -0.3 is 9.64 Å². The molecule has 1 atom stereocenters. The van der Waals surface area contributed by atoms with Gasteiger partial charge in [-0.3, -0.25) is 14.3 Å². The van der Waals surface area contributed by atoms with Crippen molar-refractivity contribution in [3.8, 4) is 0 Å². The highest BCUT2D eigenvalue weighted by atomic mass is 19.4. The number of hydrogen-bond donors (Lipinski definition) is 0. The number of carbonyl (C=O) groups excluding carboxylic acids is 2. The van der Waals surface area contributed by atoms with E-state index in [1.807, 2.05) is 0 Å². The van der Waals surface area contributed by atoms with Crippen LogP contribution in [0.4, 0.5) is 13.2 Å². The highest BCUT2D eigenvalue weighted by Gasteiger charge is 2.34. The fraction of sp³-hybridized carbons (Fsp3) is 0.583. The van der Waals surface area contributed by atoms with Crippen molar-refractivity contribution >= 4 is 11.9 Å². The highest BCUT2D eigenvalue weighted by Crippen LogP contribution is 2.27. The lowest BCUT2D eigenvalue weighted by molar-refractivity contribution is -0.145. The second-order valence-electron chi connectivity index (χ2n) is 4.74. The van der Waals surface area contributed by atoms with Crippen molar-refractivity contribution in [1.29, 1.82) is 0 Å². The first-order valence-corrected chi connectivity index (χ1v) is 6.27. The zero-order chi connectivity index (χ0) is 15.6. The van der Waals surface area contributed by atoms with Gasteiger partial charge in [0.1, 0.15) is 6.54 Å². The van der Waals surface area contributed by atoms with Crippen molar-refractivity contribution in [3.63, 3.8) is 0 Å². The first-order valence-electron chi connectivity index (χ1n) is 6.27. The molecule has 116 valence electrons. The Kier molecular flexibility index (Phi) is 4.19. The number of likely N-dealkylation sites (tertiary alicyclic amines) is 1. The maximum Gasteiger partial charge on any atom is 0.435 e. The van der Waals surface area contributed by atoms with Crippen LogP contribution in [0.5, 0.6) is 0 Å². The molecule has 0 saturated carbocycles. The summed E-state index contributed by atoms with van der Waals surface area (Å²) in [5.41, 5.74) is -1.04. The second-order valence-corrected chi connectivity index (χ2v) is 4.74. The van der Waals surface area contributed by atoms with E-state index in [-0.39, 0.29) is 30.9 Å². The average Bonchev–Trinajstić information content (AvgIpc) is 3.05. The molecule has 0 spiro atoms. The van der Waals surface area contributed by atoms with E-state index in [0.717, 1.165) is 16.9 Å². The Balaban J connectivity index is 1.94. The summed E-state index contributed by atoms with van der Waals surface area (Å²) in [6.45, 7) is 0.314. The van der Waals surface area contributed by atoms with E-state index in [9.17, 15) is 22.8 Å². The standard InChI is InChI=1S/C12H14F3N3O3/c1-21-11(20)8-2-4-17(6-8)10(19)7-18-5-3-9(16-18)12(13,14)15/h3,5,8H,2,4,6-7H2,1H3. The van der Waals surface area contributed by atoms with Crippen molar-refractivity contribution < 1.29 is 27.5 Å². The number of rotatable bonds is 3. The van der Waals surface area contributed by atoms with Crippen LogP contribution < -0.4 is 0 Å². The molecule has 1 unspecified atom stereocenters. The SMILES string of the molecule is COC(=O)C1CCN(C(=O)Cn2ccc(C(F)(F)F)n2)C1. The van der Waals surface area contributed by atoms with Crippen molar-refractivity contribution in [3.05, 3.63) is 18.0 Å². The number of nitrogens with zero attached hydrogens (tertiary/aromatic N) is 3. The fourth-order valence-corrected chi connectivity index (χ4v) is 2.19. The van der Waals surface area contributed by atoms with E-state index in [4.69, 9.17) is 0 Å². The minimum atomic E-state index is -4.53. The molecule has 1 aromatic heterocycles. The molecule has 1 aliphatic rings. The Morgan fingerprint density at radius 3 is 2.76 bits per heavy atom. The number of esters is 1. The maximum absolute atomic E-state index is 12.4. The summed E-state index contributed by atoms with van der Waals surface area (Å²) in [7, 11) is 1.27. The number of halogens is 3. The maximum atomic E-state index is 12.4. The molecule has 1 fully saturated rings. The van der Waals surface area contributed by atoms with Crippen LogP contribution in [0.3, 0.4) is 0 Å². The summed E-state index contributed by atoms with van der Waals surface area (Å²) in [6, 6.07) is 0.814. The molecule has 0 aliphatic carbocycles.